The van der Waals surface area contributed by atoms with Gasteiger partial charge in [-0.2, -0.15) is 0 Å². The zero-order valence-corrected chi connectivity index (χ0v) is 15.0. The van der Waals surface area contributed by atoms with Crippen molar-refractivity contribution in [3.8, 4) is 5.75 Å². The Morgan fingerprint density at radius 2 is 1.65 bits per heavy atom. The fourth-order valence-electron chi connectivity index (χ4n) is 2.93. The summed E-state index contributed by atoms with van der Waals surface area (Å²) in [6, 6.07) is 10.5. The molecule has 0 unspecified atom stereocenters. The molecule has 2 amide bonds. The SMILES string of the molecule is COc1ccc(Cl)cc1C(=O)N1CCN(C(=O)c2cccc(F)c2)CC1. The summed E-state index contributed by atoms with van der Waals surface area (Å²) in [6.45, 7) is 1.53. The van der Waals surface area contributed by atoms with Crippen molar-refractivity contribution < 1.29 is 18.7 Å². The van der Waals surface area contributed by atoms with Crippen LogP contribution in [0.4, 0.5) is 4.39 Å². The van der Waals surface area contributed by atoms with Crippen molar-refractivity contribution in [2.45, 2.75) is 0 Å². The standard InChI is InChI=1S/C19H18ClFN2O3/c1-26-17-6-5-14(20)12-16(17)19(25)23-9-7-22(8-10-23)18(24)13-3-2-4-15(21)11-13/h2-6,11-12H,7-10H2,1H3. The Morgan fingerprint density at radius 1 is 1.00 bits per heavy atom. The Morgan fingerprint density at radius 3 is 2.27 bits per heavy atom. The molecule has 1 aliphatic rings. The van der Waals surface area contributed by atoms with E-state index in [9.17, 15) is 14.0 Å². The number of carbonyl (C=O) groups excluding carboxylic acids is 2. The van der Waals surface area contributed by atoms with Crippen LogP contribution in [0.3, 0.4) is 0 Å². The van der Waals surface area contributed by atoms with Gasteiger partial charge in [-0.15, -0.1) is 0 Å². The van der Waals surface area contributed by atoms with Crippen LogP contribution in [-0.4, -0.2) is 54.9 Å². The van der Waals surface area contributed by atoms with E-state index in [0.717, 1.165) is 0 Å². The fraction of sp³-hybridized carbons (Fsp3) is 0.263. The largest absolute Gasteiger partial charge is 0.496 e. The van der Waals surface area contributed by atoms with Crippen LogP contribution in [0.1, 0.15) is 20.7 Å². The summed E-state index contributed by atoms with van der Waals surface area (Å²) in [5, 5.41) is 0.453. The molecule has 3 rings (SSSR count). The number of benzene rings is 2. The van der Waals surface area contributed by atoms with Crippen molar-refractivity contribution in [3.05, 3.63) is 64.4 Å². The smallest absolute Gasteiger partial charge is 0.257 e. The van der Waals surface area contributed by atoms with Crippen LogP contribution in [-0.2, 0) is 0 Å². The van der Waals surface area contributed by atoms with Gasteiger partial charge in [0.05, 0.1) is 12.7 Å². The molecule has 2 aromatic carbocycles. The number of amides is 2. The number of hydrogen-bond donors (Lipinski definition) is 0. The van der Waals surface area contributed by atoms with Crippen LogP contribution < -0.4 is 4.74 Å². The summed E-state index contributed by atoms with van der Waals surface area (Å²) in [7, 11) is 1.50. The molecule has 0 radical (unpaired) electrons. The minimum Gasteiger partial charge on any atom is -0.496 e. The normalized spacial score (nSPS) is 14.3. The number of hydrogen-bond acceptors (Lipinski definition) is 3. The first-order valence-corrected chi connectivity index (χ1v) is 8.55. The topological polar surface area (TPSA) is 49.9 Å². The van der Waals surface area contributed by atoms with Gasteiger partial charge >= 0.3 is 0 Å². The Labute approximate surface area is 155 Å². The van der Waals surface area contributed by atoms with Gasteiger partial charge in [0.15, 0.2) is 0 Å². The van der Waals surface area contributed by atoms with Crippen molar-refractivity contribution in [1.29, 1.82) is 0 Å². The Balaban J connectivity index is 1.68. The minimum absolute atomic E-state index is 0.192. The van der Waals surface area contributed by atoms with E-state index in [4.69, 9.17) is 16.3 Å². The zero-order chi connectivity index (χ0) is 18.7. The quantitative estimate of drug-likeness (QED) is 0.827. The first-order chi connectivity index (χ1) is 12.5. The maximum atomic E-state index is 13.3. The predicted molar refractivity (Wildman–Crippen MR) is 96.2 cm³/mol. The van der Waals surface area contributed by atoms with E-state index >= 15 is 0 Å². The van der Waals surface area contributed by atoms with Gasteiger partial charge in [0, 0.05) is 36.8 Å². The lowest BCUT2D eigenvalue weighted by Crippen LogP contribution is -2.50. The van der Waals surface area contributed by atoms with Crippen LogP contribution in [0.15, 0.2) is 42.5 Å². The van der Waals surface area contributed by atoms with Gasteiger partial charge in [-0.3, -0.25) is 9.59 Å². The summed E-state index contributed by atoms with van der Waals surface area (Å²) < 4.78 is 18.5. The Kier molecular flexibility index (Phi) is 5.42. The van der Waals surface area contributed by atoms with Gasteiger partial charge in [-0.05, 0) is 36.4 Å². The molecule has 0 saturated carbocycles. The second-order valence-electron chi connectivity index (χ2n) is 5.94. The lowest BCUT2D eigenvalue weighted by Gasteiger charge is -2.35. The molecule has 7 heteroatoms. The molecular weight excluding hydrogens is 359 g/mol. The van der Waals surface area contributed by atoms with E-state index in [-0.39, 0.29) is 11.8 Å². The van der Waals surface area contributed by atoms with Crippen LogP contribution >= 0.6 is 11.6 Å². The Hall–Kier alpha value is -2.60. The molecule has 0 bridgehead atoms. The molecule has 2 aromatic rings. The van der Waals surface area contributed by atoms with Crippen LogP contribution in [0.25, 0.3) is 0 Å². The number of piperazine rings is 1. The molecule has 0 atom stereocenters. The van der Waals surface area contributed by atoms with E-state index in [1.165, 1.54) is 25.3 Å². The number of methoxy groups -OCH3 is 1. The molecule has 0 N–H and O–H groups in total. The summed E-state index contributed by atoms with van der Waals surface area (Å²) in [5.74, 6) is -0.422. The van der Waals surface area contributed by atoms with E-state index < -0.39 is 5.82 Å². The highest BCUT2D eigenvalue weighted by molar-refractivity contribution is 6.31. The van der Waals surface area contributed by atoms with Crippen molar-refractivity contribution in [1.82, 2.24) is 9.80 Å². The molecule has 0 aliphatic carbocycles. The lowest BCUT2D eigenvalue weighted by molar-refractivity contribution is 0.0533. The summed E-state index contributed by atoms with van der Waals surface area (Å²) in [6.07, 6.45) is 0. The van der Waals surface area contributed by atoms with Gasteiger partial charge in [0.2, 0.25) is 0 Å². The van der Waals surface area contributed by atoms with E-state index in [0.29, 0.717) is 48.1 Å². The highest BCUT2D eigenvalue weighted by atomic mass is 35.5. The first kappa shape index (κ1) is 18.2. The molecule has 1 fully saturated rings. The monoisotopic (exact) mass is 376 g/mol. The molecule has 5 nitrogen and oxygen atoms in total. The Bertz CT molecular complexity index is 835. The van der Waals surface area contributed by atoms with Crippen LogP contribution in [0.5, 0.6) is 5.75 Å². The van der Waals surface area contributed by atoms with Gasteiger partial charge in [0.25, 0.3) is 11.8 Å². The molecule has 26 heavy (non-hydrogen) atoms. The van der Waals surface area contributed by atoms with Gasteiger partial charge in [0.1, 0.15) is 11.6 Å². The maximum absolute atomic E-state index is 13.3. The molecule has 1 heterocycles. The molecule has 1 aliphatic heterocycles. The highest BCUT2D eigenvalue weighted by Gasteiger charge is 2.27. The summed E-state index contributed by atoms with van der Waals surface area (Å²) in [4.78, 5) is 28.5. The highest BCUT2D eigenvalue weighted by Crippen LogP contribution is 2.24. The van der Waals surface area contributed by atoms with E-state index in [2.05, 4.69) is 0 Å². The lowest BCUT2D eigenvalue weighted by atomic mass is 10.1. The van der Waals surface area contributed by atoms with Crippen molar-refractivity contribution >= 4 is 23.4 Å². The number of rotatable bonds is 3. The second kappa shape index (κ2) is 7.74. The third-order valence-corrected chi connectivity index (χ3v) is 4.55. The van der Waals surface area contributed by atoms with Gasteiger partial charge in [-0.25, -0.2) is 4.39 Å². The number of nitrogens with zero attached hydrogens (tertiary/aromatic N) is 2. The molecular formula is C19H18ClFN2O3. The van der Waals surface area contributed by atoms with Crippen LogP contribution in [0, 0.1) is 5.82 Å². The number of carbonyl (C=O) groups is 2. The predicted octanol–water partition coefficient (Wildman–Crippen LogP) is 3.09. The van der Waals surface area contributed by atoms with Gasteiger partial charge < -0.3 is 14.5 Å². The molecule has 136 valence electrons. The zero-order valence-electron chi connectivity index (χ0n) is 14.2. The third kappa shape index (κ3) is 3.80. The van der Waals surface area contributed by atoms with Crippen molar-refractivity contribution in [2.75, 3.05) is 33.3 Å². The van der Waals surface area contributed by atoms with Crippen molar-refractivity contribution in [2.24, 2.45) is 0 Å². The van der Waals surface area contributed by atoms with Gasteiger partial charge in [-0.1, -0.05) is 17.7 Å². The minimum atomic E-state index is -0.447. The average Bonchev–Trinajstić information content (AvgIpc) is 2.67. The van der Waals surface area contributed by atoms with E-state index in [1.54, 1.807) is 34.1 Å². The van der Waals surface area contributed by atoms with Crippen LogP contribution in [0.2, 0.25) is 5.02 Å². The fourth-order valence-corrected chi connectivity index (χ4v) is 3.11. The second-order valence-corrected chi connectivity index (χ2v) is 6.38. The molecule has 1 saturated heterocycles. The van der Waals surface area contributed by atoms with E-state index in [1.807, 2.05) is 0 Å². The third-order valence-electron chi connectivity index (χ3n) is 4.32. The number of halogens is 2. The summed E-state index contributed by atoms with van der Waals surface area (Å²) >= 11 is 5.99. The molecule has 0 spiro atoms. The summed E-state index contributed by atoms with van der Waals surface area (Å²) in [5.41, 5.74) is 0.700. The number of ether oxygens (including phenoxy) is 1. The maximum Gasteiger partial charge on any atom is 0.257 e. The molecule has 0 aromatic heterocycles. The first-order valence-electron chi connectivity index (χ1n) is 8.17. The average molecular weight is 377 g/mol. The van der Waals surface area contributed by atoms with Crippen molar-refractivity contribution in [3.63, 3.8) is 0 Å².